The third-order valence-corrected chi connectivity index (χ3v) is 7.85. The fourth-order valence-corrected chi connectivity index (χ4v) is 5.41. The van der Waals surface area contributed by atoms with Gasteiger partial charge in [0.2, 0.25) is 0 Å². The first kappa shape index (κ1) is 34.4. The molecule has 0 saturated carbocycles. The van der Waals surface area contributed by atoms with Gasteiger partial charge in [-0.1, -0.05) is 31.2 Å². The number of piperazine rings is 1. The molecule has 2 aromatic heterocycles. The summed E-state index contributed by atoms with van der Waals surface area (Å²) in [5.74, 6) is -3.49. The summed E-state index contributed by atoms with van der Waals surface area (Å²) in [5.41, 5.74) is 5.02. The van der Waals surface area contributed by atoms with Crippen molar-refractivity contribution in [3.63, 3.8) is 0 Å². The molecule has 46 heavy (non-hydrogen) atoms. The fraction of sp³-hybridized carbons (Fsp3) is 0.412. The van der Waals surface area contributed by atoms with Crippen LogP contribution in [0, 0.1) is 16.2 Å². The minimum absolute atomic E-state index is 0.0402. The second-order valence-electron chi connectivity index (χ2n) is 10.8. The first-order chi connectivity index (χ1) is 22.3. The number of fused-ring (bicyclic) bond motifs is 1. The molecule has 5 rings (SSSR count). The topological polar surface area (TPSA) is 97.6 Å². The number of rotatable bonds is 13. The molecule has 244 valence electrons. The molecule has 0 radical (unpaired) electrons. The van der Waals surface area contributed by atoms with Crippen molar-refractivity contribution < 1.29 is 22.3 Å². The van der Waals surface area contributed by atoms with Crippen molar-refractivity contribution in [3.8, 4) is 22.9 Å². The van der Waals surface area contributed by atoms with E-state index < -0.39 is 19.0 Å². The Hall–Kier alpha value is -4.50. The lowest BCUT2D eigenvalue weighted by molar-refractivity contribution is -0.148. The minimum atomic E-state index is -4.23. The predicted octanol–water partition coefficient (Wildman–Crippen LogP) is 7.82. The van der Waals surface area contributed by atoms with Crippen molar-refractivity contribution in [2.24, 2.45) is 5.18 Å². The summed E-state index contributed by atoms with van der Waals surface area (Å²) in [4.78, 5) is 23.7. The fourth-order valence-electron chi connectivity index (χ4n) is 5.41. The van der Waals surface area contributed by atoms with Gasteiger partial charge < -0.3 is 14.6 Å². The van der Waals surface area contributed by atoms with Gasteiger partial charge >= 0.3 is 12.3 Å². The van der Waals surface area contributed by atoms with E-state index in [-0.39, 0.29) is 12.3 Å². The number of aryl methyl sites for hydroxylation is 1. The molecule has 0 bridgehead atoms. The third kappa shape index (κ3) is 8.60. The van der Waals surface area contributed by atoms with Crippen LogP contribution in [-0.2, 0) is 13.0 Å². The molecular weight excluding hydrogens is 600 g/mol. The van der Waals surface area contributed by atoms with Crippen LogP contribution < -0.4 is 9.64 Å². The zero-order valence-corrected chi connectivity index (χ0v) is 26.0. The van der Waals surface area contributed by atoms with Crippen molar-refractivity contribution in [1.29, 1.82) is 5.26 Å². The number of hydrogen-bond acceptors (Lipinski definition) is 7. The number of nitrogens with one attached hydrogen (secondary N) is 1. The Morgan fingerprint density at radius 3 is 2.43 bits per heavy atom. The number of alkyl halides is 4. The molecule has 1 N–H and O–H groups in total. The zero-order chi connectivity index (χ0) is 33.1. The number of nitrogens with zero attached hydrogens (tertiary/aromatic N) is 5. The number of aromatic amines is 1. The molecule has 8 nitrogen and oxygen atoms in total. The Labute approximate surface area is 266 Å². The van der Waals surface area contributed by atoms with Crippen molar-refractivity contribution in [3.05, 3.63) is 82.5 Å². The van der Waals surface area contributed by atoms with E-state index in [1.165, 1.54) is 17.7 Å². The van der Waals surface area contributed by atoms with E-state index in [0.717, 1.165) is 62.9 Å². The lowest BCUT2D eigenvalue weighted by atomic mass is 10.0. The van der Waals surface area contributed by atoms with Gasteiger partial charge in [-0.15, -0.1) is 0 Å². The number of unbranched alkanes of at least 4 members (excludes halogenated alkanes) is 1. The van der Waals surface area contributed by atoms with E-state index in [4.69, 9.17) is 4.74 Å². The van der Waals surface area contributed by atoms with E-state index in [1.807, 2.05) is 44.3 Å². The van der Waals surface area contributed by atoms with Crippen LogP contribution in [-0.4, -0.2) is 66.5 Å². The molecule has 0 aliphatic carbocycles. The summed E-state index contributed by atoms with van der Waals surface area (Å²) < 4.78 is 55.9. The van der Waals surface area contributed by atoms with Gasteiger partial charge in [-0.3, -0.25) is 4.90 Å². The molecule has 12 heteroatoms. The number of H-pyrrole nitrogens is 1. The molecule has 2 aromatic carbocycles. The summed E-state index contributed by atoms with van der Waals surface area (Å²) in [6.07, 6.45) is 2.94. The van der Waals surface area contributed by atoms with Crippen molar-refractivity contribution in [2.45, 2.75) is 52.0 Å². The molecule has 0 unspecified atom stereocenters. The Bertz CT molecular complexity index is 1610. The van der Waals surface area contributed by atoms with Crippen molar-refractivity contribution in [2.75, 3.05) is 44.2 Å². The second-order valence-corrected chi connectivity index (χ2v) is 10.8. The quantitative estimate of drug-likeness (QED) is 0.0911. The maximum absolute atomic E-state index is 13.2. The predicted molar refractivity (Wildman–Crippen MR) is 172 cm³/mol. The molecule has 0 amide bonds. The van der Waals surface area contributed by atoms with Crippen LogP contribution in [0.3, 0.4) is 0 Å². The summed E-state index contributed by atoms with van der Waals surface area (Å²) in [6.45, 7) is 6.75. The first-order valence-electron chi connectivity index (χ1n) is 15.4. The maximum atomic E-state index is 13.2. The third-order valence-electron chi connectivity index (χ3n) is 7.85. The smallest absolute Gasteiger partial charge is 0.340 e. The van der Waals surface area contributed by atoms with Crippen LogP contribution >= 0.6 is 0 Å². The average Bonchev–Trinajstić information content (AvgIpc) is 3.49. The highest BCUT2D eigenvalue weighted by Crippen LogP contribution is 2.29. The Kier molecular flexibility index (Phi) is 12.1. The highest BCUT2D eigenvalue weighted by molar-refractivity contribution is 5.84. The number of aromatic nitrogens is 2. The highest BCUT2D eigenvalue weighted by Gasteiger charge is 2.41. The van der Waals surface area contributed by atoms with E-state index in [2.05, 4.69) is 31.0 Å². The van der Waals surface area contributed by atoms with Gasteiger partial charge in [-0.05, 0) is 73.3 Å². The molecule has 0 spiro atoms. The molecule has 1 fully saturated rings. The molecule has 1 saturated heterocycles. The van der Waals surface area contributed by atoms with E-state index in [1.54, 1.807) is 18.3 Å². The van der Waals surface area contributed by atoms with Crippen LogP contribution in [0.4, 0.5) is 23.4 Å². The van der Waals surface area contributed by atoms with Crippen LogP contribution in [0.15, 0.2) is 66.1 Å². The standard InChI is InChI=1S/C32H32F4N6O2.C2H6/c33-31(34)32(35,36)21-44-27-7-5-23(6-8-27)25-16-26(20-40-43)30(39-19-25)42-13-11-41(12-14-42)10-2-1-3-24-18-38-29-9-4-22(17-37)15-28(24)29;1-2/h4-9,15-16,18-19,31,38H,1-3,10-14,20-21H2;1-2H3. The van der Waals surface area contributed by atoms with Gasteiger partial charge in [-0.25, -0.2) is 13.8 Å². The monoisotopic (exact) mass is 638 g/mol. The maximum Gasteiger partial charge on any atom is 0.340 e. The Morgan fingerprint density at radius 1 is 1.02 bits per heavy atom. The molecule has 1 aliphatic heterocycles. The number of benzene rings is 2. The lowest BCUT2D eigenvalue weighted by Gasteiger charge is -2.36. The van der Waals surface area contributed by atoms with Gasteiger partial charge in [-0.2, -0.15) is 18.9 Å². The minimum Gasteiger partial charge on any atom is -0.487 e. The second kappa shape index (κ2) is 16.2. The summed E-state index contributed by atoms with van der Waals surface area (Å²) in [7, 11) is 0. The first-order valence-corrected chi connectivity index (χ1v) is 15.4. The Morgan fingerprint density at radius 2 is 1.76 bits per heavy atom. The number of nitriles is 1. The van der Waals surface area contributed by atoms with Crippen LogP contribution in [0.1, 0.15) is 43.4 Å². The molecule has 0 atom stereocenters. The van der Waals surface area contributed by atoms with Crippen LogP contribution in [0.2, 0.25) is 0 Å². The molecule has 3 heterocycles. The molecular formula is C34H38F4N6O2. The highest BCUT2D eigenvalue weighted by atomic mass is 19.3. The van der Waals surface area contributed by atoms with Gasteiger partial charge in [0.1, 0.15) is 18.1 Å². The number of anilines is 1. The van der Waals surface area contributed by atoms with E-state index in [9.17, 15) is 27.7 Å². The van der Waals surface area contributed by atoms with Gasteiger partial charge in [0.05, 0.1) is 11.6 Å². The van der Waals surface area contributed by atoms with Gasteiger partial charge in [0, 0.05) is 60.6 Å². The summed E-state index contributed by atoms with van der Waals surface area (Å²) >= 11 is 0. The zero-order valence-electron chi connectivity index (χ0n) is 26.0. The van der Waals surface area contributed by atoms with Crippen molar-refractivity contribution >= 4 is 16.7 Å². The average molecular weight is 639 g/mol. The number of pyridine rings is 1. The van der Waals surface area contributed by atoms with E-state index >= 15 is 0 Å². The van der Waals surface area contributed by atoms with Crippen molar-refractivity contribution in [1.82, 2.24) is 14.9 Å². The largest absolute Gasteiger partial charge is 0.487 e. The molecule has 1 aliphatic rings. The van der Waals surface area contributed by atoms with Gasteiger partial charge in [0.25, 0.3) is 0 Å². The van der Waals surface area contributed by atoms with Crippen LogP contribution in [0.5, 0.6) is 5.75 Å². The summed E-state index contributed by atoms with van der Waals surface area (Å²) in [5, 5.41) is 13.4. The number of nitroso groups, excluding NO2 is 1. The van der Waals surface area contributed by atoms with Crippen LogP contribution in [0.25, 0.3) is 22.0 Å². The molecule has 4 aromatic rings. The van der Waals surface area contributed by atoms with E-state index in [0.29, 0.717) is 28.1 Å². The number of halogens is 4. The summed E-state index contributed by atoms with van der Waals surface area (Å²) in [6, 6.07) is 15.8. The normalized spacial score (nSPS) is 13.7. The lowest BCUT2D eigenvalue weighted by Crippen LogP contribution is -2.47. The number of ether oxygens (including phenoxy) is 1. The Balaban J connectivity index is 0.00000235. The SMILES string of the molecule is CC.N#Cc1ccc2[nH]cc(CCCCN3CCN(c4ncc(-c5ccc(OCC(F)(F)C(F)F)cc5)cc4CN=O)CC3)c2c1. The number of hydrogen-bond donors (Lipinski definition) is 1. The van der Waals surface area contributed by atoms with Gasteiger partial charge in [0.15, 0.2) is 6.61 Å².